The number of rotatable bonds is 24. The molecule has 1 aromatic carbocycles. The lowest BCUT2D eigenvalue weighted by molar-refractivity contribution is -0.109. The largest absolute Gasteiger partial charge is 0.396 e. The summed E-state index contributed by atoms with van der Waals surface area (Å²) in [5, 5.41) is 27.0. The van der Waals surface area contributed by atoms with Crippen molar-refractivity contribution in [2.45, 2.75) is 38.7 Å². The summed E-state index contributed by atoms with van der Waals surface area (Å²) in [6.45, 7) is 5.03. The van der Waals surface area contributed by atoms with Crippen LogP contribution in [0.25, 0.3) is 0 Å². The zero-order chi connectivity index (χ0) is 23.9. The van der Waals surface area contributed by atoms with Gasteiger partial charge in [-0.1, -0.05) is 30.3 Å². The fraction of sp³-hybridized carbons (Fsp3) is 0.760. The molecule has 0 atom stereocenters. The van der Waals surface area contributed by atoms with Crippen LogP contribution < -0.4 is 0 Å². The maximum absolute atomic E-state index is 9.01. The van der Waals surface area contributed by atoms with Crippen LogP contribution in [0.3, 0.4) is 0 Å². The number of hydrogen-bond donors (Lipinski definition) is 3. The molecular formula is C25H44O8. The molecule has 1 rings (SSSR count). The van der Waals surface area contributed by atoms with E-state index in [0.717, 1.165) is 12.8 Å². The van der Waals surface area contributed by atoms with E-state index in [-0.39, 0.29) is 19.8 Å². The van der Waals surface area contributed by atoms with Crippen LogP contribution in [0.15, 0.2) is 30.3 Å². The molecule has 0 aliphatic rings. The van der Waals surface area contributed by atoms with Crippen molar-refractivity contribution in [3.8, 4) is 0 Å². The number of aliphatic hydroxyl groups is 3. The Morgan fingerprint density at radius 2 is 0.909 bits per heavy atom. The summed E-state index contributed by atoms with van der Waals surface area (Å²) < 4.78 is 29.1. The van der Waals surface area contributed by atoms with Crippen molar-refractivity contribution in [1.82, 2.24) is 0 Å². The molecule has 8 heteroatoms. The van der Waals surface area contributed by atoms with Gasteiger partial charge in [0.25, 0.3) is 0 Å². The highest BCUT2D eigenvalue weighted by Crippen LogP contribution is 2.21. The third-order valence-electron chi connectivity index (χ3n) is 4.91. The first-order chi connectivity index (χ1) is 16.3. The maximum Gasteiger partial charge on any atom is 0.0716 e. The van der Waals surface area contributed by atoms with Gasteiger partial charge in [-0.2, -0.15) is 0 Å². The molecule has 0 amide bonds. The van der Waals surface area contributed by atoms with E-state index in [1.54, 1.807) is 0 Å². The van der Waals surface area contributed by atoms with Gasteiger partial charge in [0.2, 0.25) is 0 Å². The number of hydrogen-bond acceptors (Lipinski definition) is 8. The second-order valence-corrected chi connectivity index (χ2v) is 8.19. The van der Waals surface area contributed by atoms with Crippen LogP contribution in [-0.4, -0.2) is 94.6 Å². The molecule has 0 aliphatic heterocycles. The van der Waals surface area contributed by atoms with Crippen LogP contribution in [0.1, 0.15) is 37.7 Å². The summed E-state index contributed by atoms with van der Waals surface area (Å²) in [5.41, 5.74) is 0.673. The lowest BCUT2D eigenvalue weighted by atomic mass is 9.92. The van der Waals surface area contributed by atoms with Crippen LogP contribution in [0.2, 0.25) is 0 Å². The molecular weight excluding hydrogens is 428 g/mol. The highest BCUT2D eigenvalue weighted by atomic mass is 16.5. The minimum Gasteiger partial charge on any atom is -0.396 e. The van der Waals surface area contributed by atoms with Gasteiger partial charge < -0.3 is 39.0 Å². The predicted molar refractivity (Wildman–Crippen MR) is 126 cm³/mol. The first-order valence-electron chi connectivity index (χ1n) is 12.0. The molecule has 0 unspecified atom stereocenters. The van der Waals surface area contributed by atoms with E-state index in [2.05, 4.69) is 12.1 Å². The normalized spacial score (nSPS) is 11.8. The van der Waals surface area contributed by atoms with Gasteiger partial charge >= 0.3 is 0 Å². The van der Waals surface area contributed by atoms with Crippen molar-refractivity contribution in [1.29, 1.82) is 0 Å². The standard InChI is InChI=1S/C25H44O8/c26-11-6-16-31-21-25(22-32-17-7-12-27,23-33-18-8-13-28)20-30-15-5-4-14-29-19-24-9-2-1-3-10-24/h1-3,9-10,26-28H,4-8,11-23H2. The highest BCUT2D eigenvalue weighted by molar-refractivity contribution is 5.13. The smallest absolute Gasteiger partial charge is 0.0716 e. The SMILES string of the molecule is OCCCOCC(COCCCO)(COCCCO)COCCCCOCc1ccccc1. The van der Waals surface area contributed by atoms with Crippen molar-refractivity contribution >= 4 is 0 Å². The molecule has 0 bridgehead atoms. The number of unbranched alkanes of at least 4 members (excludes halogenated alkanes) is 1. The van der Waals surface area contributed by atoms with E-state index in [9.17, 15) is 0 Å². The third kappa shape index (κ3) is 16.2. The van der Waals surface area contributed by atoms with Crippen LogP contribution in [-0.2, 0) is 30.3 Å². The highest BCUT2D eigenvalue weighted by Gasteiger charge is 2.32. The van der Waals surface area contributed by atoms with Crippen LogP contribution in [0.4, 0.5) is 0 Å². The second-order valence-electron chi connectivity index (χ2n) is 8.19. The molecule has 3 N–H and O–H groups in total. The van der Waals surface area contributed by atoms with Crippen molar-refractivity contribution in [2.75, 3.05) is 79.3 Å². The number of aliphatic hydroxyl groups excluding tert-OH is 3. The maximum atomic E-state index is 9.01. The van der Waals surface area contributed by atoms with Crippen LogP contribution in [0, 0.1) is 5.41 Å². The Kier molecular flexibility index (Phi) is 19.4. The Labute approximate surface area is 198 Å². The summed E-state index contributed by atoms with van der Waals surface area (Å²) in [5.74, 6) is 0. The second kappa shape index (κ2) is 21.4. The zero-order valence-electron chi connectivity index (χ0n) is 20.0. The molecule has 0 fully saturated rings. The average molecular weight is 473 g/mol. The van der Waals surface area contributed by atoms with E-state index in [4.69, 9.17) is 39.0 Å². The molecule has 8 nitrogen and oxygen atoms in total. The topological polar surface area (TPSA) is 107 Å². The fourth-order valence-corrected chi connectivity index (χ4v) is 3.08. The lowest BCUT2D eigenvalue weighted by Gasteiger charge is -2.33. The lowest BCUT2D eigenvalue weighted by Crippen LogP contribution is -2.42. The van der Waals surface area contributed by atoms with Crippen molar-refractivity contribution in [3.05, 3.63) is 35.9 Å². The van der Waals surface area contributed by atoms with Gasteiger partial charge in [-0.3, -0.25) is 0 Å². The molecule has 0 spiro atoms. The van der Waals surface area contributed by atoms with Gasteiger partial charge in [0.15, 0.2) is 0 Å². The first kappa shape index (κ1) is 29.9. The Balaban J connectivity index is 2.41. The quantitative estimate of drug-likeness (QED) is 0.197. The Morgan fingerprint density at radius 1 is 0.515 bits per heavy atom. The van der Waals surface area contributed by atoms with E-state index < -0.39 is 5.41 Å². The van der Waals surface area contributed by atoms with E-state index in [1.807, 2.05) is 18.2 Å². The van der Waals surface area contributed by atoms with Crippen molar-refractivity contribution in [2.24, 2.45) is 5.41 Å². The minimum atomic E-state index is -0.496. The molecule has 0 radical (unpaired) electrons. The molecule has 1 aromatic rings. The molecule has 33 heavy (non-hydrogen) atoms. The zero-order valence-corrected chi connectivity index (χ0v) is 20.0. The first-order valence-corrected chi connectivity index (χ1v) is 12.0. The van der Waals surface area contributed by atoms with Crippen molar-refractivity contribution < 1.29 is 39.0 Å². The third-order valence-corrected chi connectivity index (χ3v) is 4.91. The number of ether oxygens (including phenoxy) is 5. The summed E-state index contributed by atoms with van der Waals surface area (Å²) in [4.78, 5) is 0. The van der Waals surface area contributed by atoms with Gasteiger partial charge in [0.1, 0.15) is 0 Å². The van der Waals surface area contributed by atoms with Gasteiger partial charge in [0.05, 0.1) is 38.4 Å². The molecule has 0 aromatic heterocycles. The van der Waals surface area contributed by atoms with E-state index >= 15 is 0 Å². The minimum absolute atomic E-state index is 0.0792. The molecule has 0 heterocycles. The van der Waals surface area contributed by atoms with Crippen molar-refractivity contribution in [3.63, 3.8) is 0 Å². The Morgan fingerprint density at radius 3 is 1.33 bits per heavy atom. The molecule has 0 saturated carbocycles. The summed E-state index contributed by atoms with van der Waals surface area (Å²) in [6, 6.07) is 10.1. The predicted octanol–water partition coefficient (Wildman–Crippen LogP) is 2.18. The van der Waals surface area contributed by atoms with Gasteiger partial charge in [-0.05, 0) is 37.7 Å². The van der Waals surface area contributed by atoms with E-state index in [0.29, 0.717) is 85.3 Å². The van der Waals surface area contributed by atoms with E-state index in [1.165, 1.54) is 5.56 Å². The number of benzene rings is 1. The van der Waals surface area contributed by atoms with Crippen LogP contribution in [0.5, 0.6) is 0 Å². The van der Waals surface area contributed by atoms with Gasteiger partial charge in [0, 0.05) is 52.9 Å². The Hall–Kier alpha value is -1.10. The summed E-state index contributed by atoms with van der Waals surface area (Å²) >= 11 is 0. The van der Waals surface area contributed by atoms with Gasteiger partial charge in [-0.15, -0.1) is 0 Å². The molecule has 0 saturated heterocycles. The fourth-order valence-electron chi connectivity index (χ4n) is 3.08. The Bertz CT molecular complexity index is 497. The summed E-state index contributed by atoms with van der Waals surface area (Å²) in [7, 11) is 0. The van der Waals surface area contributed by atoms with Crippen LogP contribution >= 0.6 is 0 Å². The molecule has 192 valence electrons. The average Bonchev–Trinajstić information content (AvgIpc) is 2.84. The van der Waals surface area contributed by atoms with Gasteiger partial charge in [-0.25, -0.2) is 0 Å². The molecule has 0 aliphatic carbocycles. The summed E-state index contributed by atoms with van der Waals surface area (Å²) in [6.07, 6.45) is 3.49. The monoisotopic (exact) mass is 472 g/mol.